The second-order valence-electron chi connectivity index (χ2n) is 4.60. The molecule has 1 aromatic carbocycles. The number of nitrogens with one attached hydrogen (secondary N) is 1. The van der Waals surface area contributed by atoms with Gasteiger partial charge >= 0.3 is 6.18 Å². The number of anilines is 2. The van der Waals surface area contributed by atoms with Gasteiger partial charge in [0.05, 0.1) is 10.4 Å². The first-order valence-corrected chi connectivity index (χ1v) is 6.85. The van der Waals surface area contributed by atoms with Gasteiger partial charge in [0, 0.05) is 16.3 Å². The Balaban J connectivity index is 2.28. The molecule has 0 radical (unpaired) electrons. The first-order chi connectivity index (χ1) is 9.68. The van der Waals surface area contributed by atoms with E-state index in [1.807, 2.05) is 0 Å². The van der Waals surface area contributed by atoms with E-state index in [1.165, 1.54) is 23.5 Å². The molecule has 1 amide bonds. The van der Waals surface area contributed by atoms with E-state index in [-0.39, 0.29) is 5.69 Å². The molecule has 0 saturated carbocycles. The molecule has 3 N–H and O–H groups in total. The van der Waals surface area contributed by atoms with Gasteiger partial charge in [-0.3, -0.25) is 4.79 Å². The van der Waals surface area contributed by atoms with Crippen LogP contribution in [0, 0.1) is 13.8 Å². The van der Waals surface area contributed by atoms with Crippen molar-refractivity contribution in [3.05, 3.63) is 45.1 Å². The van der Waals surface area contributed by atoms with Crippen LogP contribution in [0.25, 0.3) is 0 Å². The summed E-state index contributed by atoms with van der Waals surface area (Å²) in [5, 5.41) is 2.50. The summed E-state index contributed by atoms with van der Waals surface area (Å²) in [5.74, 6) is -0.470. The third-order valence-corrected chi connectivity index (χ3v) is 4.06. The Bertz CT molecular complexity index is 673. The Morgan fingerprint density at radius 3 is 2.43 bits per heavy atom. The number of aryl methyl sites for hydroxylation is 2. The highest BCUT2D eigenvalue weighted by Gasteiger charge is 2.31. The summed E-state index contributed by atoms with van der Waals surface area (Å²) in [4.78, 5) is 13.2. The lowest BCUT2D eigenvalue weighted by Gasteiger charge is -2.12. The maximum Gasteiger partial charge on any atom is 0.416 e. The minimum Gasteiger partial charge on any atom is -0.398 e. The summed E-state index contributed by atoms with van der Waals surface area (Å²) < 4.78 is 38.1. The number of thiophene rings is 1. The summed E-state index contributed by atoms with van der Waals surface area (Å²) in [7, 11) is 0. The molecule has 0 fully saturated rings. The fourth-order valence-electron chi connectivity index (χ4n) is 1.72. The largest absolute Gasteiger partial charge is 0.416 e. The lowest BCUT2D eigenvalue weighted by Crippen LogP contribution is -2.13. The van der Waals surface area contributed by atoms with Gasteiger partial charge in [-0.1, -0.05) is 6.07 Å². The average molecular weight is 314 g/mol. The van der Waals surface area contributed by atoms with Crippen molar-refractivity contribution in [2.75, 3.05) is 11.1 Å². The second kappa shape index (κ2) is 5.40. The van der Waals surface area contributed by atoms with E-state index in [0.29, 0.717) is 16.1 Å². The highest BCUT2D eigenvalue weighted by molar-refractivity contribution is 7.14. The van der Waals surface area contributed by atoms with Crippen molar-refractivity contribution in [3.8, 4) is 0 Å². The van der Waals surface area contributed by atoms with E-state index in [1.54, 1.807) is 13.8 Å². The monoisotopic (exact) mass is 314 g/mol. The van der Waals surface area contributed by atoms with Crippen LogP contribution in [0.5, 0.6) is 0 Å². The van der Waals surface area contributed by atoms with E-state index >= 15 is 0 Å². The van der Waals surface area contributed by atoms with Gasteiger partial charge in [-0.25, -0.2) is 0 Å². The SMILES string of the molecule is Cc1ccc(C(F)(F)F)cc1NC(=O)c1cc(N)c(C)s1. The molecule has 3 nitrogen and oxygen atoms in total. The van der Waals surface area contributed by atoms with Crippen LogP contribution in [0.3, 0.4) is 0 Å². The van der Waals surface area contributed by atoms with Crippen LogP contribution in [0.2, 0.25) is 0 Å². The van der Waals surface area contributed by atoms with Gasteiger partial charge in [0.15, 0.2) is 0 Å². The summed E-state index contributed by atoms with van der Waals surface area (Å²) in [5.41, 5.74) is 6.05. The zero-order valence-corrected chi connectivity index (χ0v) is 12.2. The highest BCUT2D eigenvalue weighted by Crippen LogP contribution is 2.32. The van der Waals surface area contributed by atoms with Crippen LogP contribution in [-0.4, -0.2) is 5.91 Å². The first kappa shape index (κ1) is 15.4. The molecule has 21 heavy (non-hydrogen) atoms. The normalized spacial score (nSPS) is 11.5. The molecular weight excluding hydrogens is 301 g/mol. The van der Waals surface area contributed by atoms with Crippen LogP contribution in [0.15, 0.2) is 24.3 Å². The molecule has 0 aliphatic carbocycles. The Morgan fingerprint density at radius 1 is 1.24 bits per heavy atom. The standard InChI is InChI=1S/C14H13F3N2OS/c1-7-3-4-9(14(15,16)17)5-11(7)19-13(20)12-6-10(18)8(2)21-12/h3-6H,18H2,1-2H3,(H,19,20). The van der Waals surface area contributed by atoms with E-state index in [2.05, 4.69) is 5.32 Å². The van der Waals surface area contributed by atoms with Crippen molar-refractivity contribution in [2.45, 2.75) is 20.0 Å². The molecule has 1 heterocycles. The molecular formula is C14H13F3N2OS. The summed E-state index contributed by atoms with van der Waals surface area (Å²) in [6.07, 6.45) is -4.45. The lowest BCUT2D eigenvalue weighted by molar-refractivity contribution is -0.137. The van der Waals surface area contributed by atoms with Crippen molar-refractivity contribution < 1.29 is 18.0 Å². The van der Waals surface area contributed by atoms with Crippen molar-refractivity contribution in [3.63, 3.8) is 0 Å². The molecule has 2 aromatic rings. The van der Waals surface area contributed by atoms with E-state index in [0.717, 1.165) is 17.0 Å². The van der Waals surface area contributed by atoms with Gasteiger partial charge < -0.3 is 11.1 Å². The van der Waals surface area contributed by atoms with Gasteiger partial charge in [-0.15, -0.1) is 11.3 Å². The molecule has 0 saturated heterocycles. The molecule has 0 aliphatic rings. The minimum absolute atomic E-state index is 0.138. The van der Waals surface area contributed by atoms with E-state index in [9.17, 15) is 18.0 Å². The Hall–Kier alpha value is -2.02. The molecule has 0 spiro atoms. The number of carbonyl (C=O) groups excluding carboxylic acids is 1. The number of rotatable bonds is 2. The Morgan fingerprint density at radius 2 is 1.90 bits per heavy atom. The second-order valence-corrected chi connectivity index (χ2v) is 5.86. The van der Waals surface area contributed by atoms with E-state index in [4.69, 9.17) is 5.73 Å². The topological polar surface area (TPSA) is 55.1 Å². The number of alkyl halides is 3. The van der Waals surface area contributed by atoms with Gasteiger partial charge in [-0.2, -0.15) is 13.2 Å². The number of hydrogen-bond acceptors (Lipinski definition) is 3. The maximum absolute atomic E-state index is 12.7. The number of amides is 1. The number of nitrogens with two attached hydrogens (primary N) is 1. The molecule has 7 heteroatoms. The molecule has 2 rings (SSSR count). The van der Waals surface area contributed by atoms with Gasteiger partial charge in [-0.05, 0) is 37.6 Å². The third kappa shape index (κ3) is 3.36. The van der Waals surface area contributed by atoms with Gasteiger partial charge in [0.2, 0.25) is 0 Å². The minimum atomic E-state index is -4.45. The summed E-state index contributed by atoms with van der Waals surface area (Å²) >= 11 is 1.20. The summed E-state index contributed by atoms with van der Waals surface area (Å²) in [6.45, 7) is 3.40. The number of benzene rings is 1. The Kier molecular flexibility index (Phi) is 3.95. The lowest BCUT2D eigenvalue weighted by atomic mass is 10.1. The van der Waals surface area contributed by atoms with Crippen LogP contribution in [0.4, 0.5) is 24.5 Å². The van der Waals surface area contributed by atoms with Crippen molar-refractivity contribution in [1.82, 2.24) is 0 Å². The fourth-order valence-corrected chi connectivity index (χ4v) is 2.56. The molecule has 0 aliphatic heterocycles. The quantitative estimate of drug-likeness (QED) is 0.872. The molecule has 0 atom stereocenters. The number of nitrogen functional groups attached to an aromatic ring is 1. The Labute approximate surface area is 123 Å². The summed E-state index contributed by atoms with van der Waals surface area (Å²) in [6, 6.07) is 4.75. The van der Waals surface area contributed by atoms with Crippen LogP contribution in [-0.2, 0) is 6.18 Å². The average Bonchev–Trinajstić information content (AvgIpc) is 2.71. The fraction of sp³-hybridized carbons (Fsp3) is 0.214. The van der Waals surface area contributed by atoms with Crippen LogP contribution >= 0.6 is 11.3 Å². The highest BCUT2D eigenvalue weighted by atomic mass is 32.1. The smallest absolute Gasteiger partial charge is 0.398 e. The zero-order chi connectivity index (χ0) is 15.8. The predicted molar refractivity (Wildman–Crippen MR) is 77.6 cm³/mol. The van der Waals surface area contributed by atoms with Gasteiger partial charge in [0.1, 0.15) is 0 Å². The number of halogens is 3. The van der Waals surface area contributed by atoms with Crippen LogP contribution in [0.1, 0.15) is 25.7 Å². The maximum atomic E-state index is 12.7. The number of hydrogen-bond donors (Lipinski definition) is 2. The molecule has 112 valence electrons. The molecule has 0 bridgehead atoms. The van der Waals surface area contributed by atoms with Crippen molar-refractivity contribution in [2.24, 2.45) is 0 Å². The third-order valence-electron chi connectivity index (χ3n) is 2.99. The zero-order valence-electron chi connectivity index (χ0n) is 11.3. The van der Waals surface area contributed by atoms with Gasteiger partial charge in [0.25, 0.3) is 5.91 Å². The predicted octanol–water partition coefficient (Wildman–Crippen LogP) is 4.22. The van der Waals surface area contributed by atoms with Crippen LogP contribution < -0.4 is 11.1 Å². The number of carbonyl (C=O) groups is 1. The molecule has 0 unspecified atom stereocenters. The first-order valence-electron chi connectivity index (χ1n) is 6.03. The van der Waals surface area contributed by atoms with Crippen molar-refractivity contribution >= 4 is 28.6 Å². The molecule has 1 aromatic heterocycles. The van der Waals surface area contributed by atoms with E-state index < -0.39 is 17.6 Å². The van der Waals surface area contributed by atoms with Crippen molar-refractivity contribution in [1.29, 1.82) is 0 Å².